The minimum atomic E-state index is -3.78. The predicted molar refractivity (Wildman–Crippen MR) is 125 cm³/mol. The summed E-state index contributed by atoms with van der Waals surface area (Å²) in [5.41, 5.74) is 1.03. The molecule has 8 nitrogen and oxygen atoms in total. The number of pyridine rings is 1. The molecule has 0 saturated carbocycles. The molecule has 1 aromatic carbocycles. The Morgan fingerprint density at radius 3 is 2.52 bits per heavy atom. The number of sulfone groups is 1. The van der Waals surface area contributed by atoms with E-state index < -0.39 is 33.2 Å². The topological polar surface area (TPSA) is 114 Å². The van der Waals surface area contributed by atoms with Gasteiger partial charge in [-0.15, -0.1) is 0 Å². The smallest absolute Gasteiger partial charge is 0.253 e. The molecule has 0 saturated heterocycles. The van der Waals surface area contributed by atoms with Crippen LogP contribution in [-0.2, 0) is 20.2 Å². The first-order chi connectivity index (χ1) is 15.5. The highest BCUT2D eigenvalue weighted by molar-refractivity contribution is 7.94. The van der Waals surface area contributed by atoms with Crippen LogP contribution >= 0.6 is 0 Å². The Morgan fingerprint density at radius 2 is 1.88 bits per heavy atom. The lowest BCUT2D eigenvalue weighted by Crippen LogP contribution is -2.45. The number of aromatic nitrogens is 1. The van der Waals surface area contributed by atoms with Gasteiger partial charge in [-0.05, 0) is 43.7 Å². The van der Waals surface area contributed by atoms with Crippen molar-refractivity contribution < 1.29 is 22.7 Å². The molecule has 2 unspecified atom stereocenters. The number of hydrogen-bond donors (Lipinski definition) is 2. The maximum atomic E-state index is 13.3. The maximum Gasteiger partial charge on any atom is 0.253 e. The molecular weight excluding hydrogens is 442 g/mol. The lowest BCUT2D eigenvalue weighted by atomic mass is 9.81. The molecule has 0 bridgehead atoms. The van der Waals surface area contributed by atoms with E-state index in [1.165, 1.54) is 19.3 Å². The zero-order chi connectivity index (χ0) is 24.0. The predicted octanol–water partition coefficient (Wildman–Crippen LogP) is 2.60. The zero-order valence-corrected chi connectivity index (χ0v) is 19.6. The average molecular weight is 468 g/mol. The number of para-hydroxylation sites is 1. The van der Waals surface area contributed by atoms with Gasteiger partial charge >= 0.3 is 0 Å². The number of carbonyl (C=O) groups is 2. The number of ketones is 1. The number of ether oxygens (including phenoxy) is 1. The Balaban J connectivity index is 1.69. The molecule has 2 atom stereocenters. The molecule has 2 aromatic rings. The normalized spacial score (nSPS) is 19.9. The highest BCUT2D eigenvalue weighted by atomic mass is 32.2. The van der Waals surface area contributed by atoms with Crippen molar-refractivity contribution in [1.29, 1.82) is 0 Å². The lowest BCUT2D eigenvalue weighted by molar-refractivity contribution is -0.118. The summed E-state index contributed by atoms with van der Waals surface area (Å²) >= 11 is 0. The van der Waals surface area contributed by atoms with Crippen LogP contribution in [0.4, 0.5) is 5.69 Å². The second-order valence-electron chi connectivity index (χ2n) is 8.66. The van der Waals surface area contributed by atoms with Gasteiger partial charge in [-0.2, -0.15) is 0 Å². The van der Waals surface area contributed by atoms with Gasteiger partial charge in [0.15, 0.2) is 15.6 Å². The number of nitrogens with one attached hydrogen (secondary N) is 2. The third-order valence-corrected chi connectivity index (χ3v) is 7.04. The minimum absolute atomic E-state index is 0.00739. The van der Waals surface area contributed by atoms with Crippen LogP contribution in [0.2, 0.25) is 0 Å². The first-order valence-corrected chi connectivity index (χ1v) is 12.3. The molecule has 1 aliphatic carbocycles. The highest BCUT2D eigenvalue weighted by Crippen LogP contribution is 2.36. The summed E-state index contributed by atoms with van der Waals surface area (Å²) < 4.78 is 30.3. The number of methoxy groups -OCH3 is 1. The SMILES string of the molecule is COc1ccc(C(C)(C)NC(=O)C2=CC3Nc4ccccc4C(=O)C3C=C2S(C)(=O)=O)cn1. The summed E-state index contributed by atoms with van der Waals surface area (Å²) in [6.07, 6.45) is 5.55. The fourth-order valence-electron chi connectivity index (χ4n) is 4.08. The van der Waals surface area contributed by atoms with Crippen LogP contribution < -0.4 is 15.4 Å². The average Bonchev–Trinajstić information content (AvgIpc) is 2.77. The van der Waals surface area contributed by atoms with E-state index in [0.29, 0.717) is 17.1 Å². The number of benzene rings is 1. The van der Waals surface area contributed by atoms with E-state index in [9.17, 15) is 18.0 Å². The number of Topliss-reactive ketones (excluding diaryl/α,β-unsaturated/α-hetero) is 1. The fraction of sp³-hybridized carbons (Fsp3) is 0.292. The van der Waals surface area contributed by atoms with Crippen LogP contribution in [0.25, 0.3) is 0 Å². The molecule has 0 spiro atoms. The van der Waals surface area contributed by atoms with E-state index in [1.807, 2.05) is 6.07 Å². The molecule has 1 amide bonds. The molecule has 9 heteroatoms. The van der Waals surface area contributed by atoms with E-state index >= 15 is 0 Å². The fourth-order valence-corrected chi connectivity index (χ4v) is 5.03. The molecule has 2 heterocycles. The number of fused-ring (bicyclic) bond motifs is 2. The maximum absolute atomic E-state index is 13.3. The van der Waals surface area contributed by atoms with E-state index in [2.05, 4.69) is 15.6 Å². The summed E-state index contributed by atoms with van der Waals surface area (Å²) in [6.45, 7) is 3.59. The molecule has 2 N–H and O–H groups in total. The van der Waals surface area contributed by atoms with Crippen molar-refractivity contribution in [1.82, 2.24) is 10.3 Å². The molecule has 4 rings (SSSR count). The number of hydrogen-bond acceptors (Lipinski definition) is 7. The van der Waals surface area contributed by atoms with Gasteiger partial charge in [0.25, 0.3) is 5.91 Å². The van der Waals surface area contributed by atoms with Crippen molar-refractivity contribution >= 4 is 27.2 Å². The van der Waals surface area contributed by atoms with Gasteiger partial charge in [0.2, 0.25) is 5.88 Å². The van der Waals surface area contributed by atoms with E-state index in [-0.39, 0.29) is 16.3 Å². The van der Waals surface area contributed by atoms with Crippen molar-refractivity contribution in [3.8, 4) is 5.88 Å². The Morgan fingerprint density at radius 1 is 1.15 bits per heavy atom. The van der Waals surface area contributed by atoms with Crippen LogP contribution in [0.5, 0.6) is 5.88 Å². The third kappa shape index (κ3) is 4.28. The van der Waals surface area contributed by atoms with E-state index in [1.54, 1.807) is 50.4 Å². The highest BCUT2D eigenvalue weighted by Gasteiger charge is 2.40. The van der Waals surface area contributed by atoms with Crippen molar-refractivity contribution in [2.45, 2.75) is 25.4 Å². The Labute approximate surface area is 192 Å². The van der Waals surface area contributed by atoms with Crippen LogP contribution in [0.3, 0.4) is 0 Å². The summed E-state index contributed by atoms with van der Waals surface area (Å²) in [5.74, 6) is -1.02. The lowest BCUT2D eigenvalue weighted by Gasteiger charge is -2.34. The van der Waals surface area contributed by atoms with Gasteiger partial charge in [0, 0.05) is 29.8 Å². The number of carbonyl (C=O) groups excluding carboxylic acids is 2. The molecule has 33 heavy (non-hydrogen) atoms. The van der Waals surface area contributed by atoms with Crippen LogP contribution in [-0.4, -0.2) is 44.5 Å². The van der Waals surface area contributed by atoms with Gasteiger partial charge in [0.1, 0.15) is 0 Å². The van der Waals surface area contributed by atoms with Crippen LogP contribution in [0, 0.1) is 5.92 Å². The summed E-state index contributed by atoms with van der Waals surface area (Å²) in [7, 11) is -2.26. The number of rotatable bonds is 5. The van der Waals surface area contributed by atoms with Gasteiger partial charge in [0.05, 0.1) is 35.1 Å². The van der Waals surface area contributed by atoms with Crippen molar-refractivity contribution in [3.05, 3.63) is 76.4 Å². The largest absolute Gasteiger partial charge is 0.481 e. The molecule has 172 valence electrons. The molecule has 1 aliphatic heterocycles. The van der Waals surface area contributed by atoms with Crippen molar-refractivity contribution in [2.75, 3.05) is 18.7 Å². The molecule has 1 aromatic heterocycles. The minimum Gasteiger partial charge on any atom is -0.481 e. The monoisotopic (exact) mass is 467 g/mol. The van der Waals surface area contributed by atoms with Gasteiger partial charge < -0.3 is 15.4 Å². The number of anilines is 1. The van der Waals surface area contributed by atoms with Crippen molar-refractivity contribution in [3.63, 3.8) is 0 Å². The molecular formula is C24H25N3O5S. The molecule has 0 radical (unpaired) electrons. The van der Waals surface area contributed by atoms with E-state index in [4.69, 9.17) is 4.74 Å². The number of amides is 1. The molecule has 0 fully saturated rings. The second kappa shape index (κ2) is 8.15. The standard InChI is InChI=1S/C24H25N3O5S/c1-24(2,14-9-10-21(32-3)25-13-14)27-23(29)17-11-19-16(12-20(17)33(4,30)31)22(28)15-7-5-6-8-18(15)26-19/h5-13,16,19,26H,1-4H3,(H,27,29). The quantitative estimate of drug-likeness (QED) is 0.695. The third-order valence-electron chi connectivity index (χ3n) is 5.88. The Kier molecular flexibility index (Phi) is 5.61. The van der Waals surface area contributed by atoms with Gasteiger partial charge in [-0.1, -0.05) is 18.2 Å². The first-order valence-electron chi connectivity index (χ1n) is 10.4. The van der Waals surface area contributed by atoms with Gasteiger partial charge in [-0.3, -0.25) is 9.59 Å². The summed E-state index contributed by atoms with van der Waals surface area (Å²) in [4.78, 5) is 30.4. The van der Waals surface area contributed by atoms with E-state index in [0.717, 1.165) is 11.8 Å². The summed E-state index contributed by atoms with van der Waals surface area (Å²) in [6, 6.07) is 9.98. The summed E-state index contributed by atoms with van der Waals surface area (Å²) in [5, 5.41) is 6.15. The van der Waals surface area contributed by atoms with Gasteiger partial charge in [-0.25, -0.2) is 13.4 Å². The van der Waals surface area contributed by atoms with Crippen LogP contribution in [0.15, 0.2) is 65.2 Å². The second-order valence-corrected chi connectivity index (χ2v) is 10.6. The first kappa shape index (κ1) is 22.7. The number of nitrogens with zero attached hydrogens (tertiary/aromatic N) is 1. The van der Waals surface area contributed by atoms with Crippen LogP contribution in [0.1, 0.15) is 29.8 Å². The zero-order valence-electron chi connectivity index (χ0n) is 18.7. The Bertz CT molecular complexity index is 1290. The van der Waals surface area contributed by atoms with Crippen molar-refractivity contribution in [2.24, 2.45) is 5.92 Å². The molecule has 2 aliphatic rings. The Hall–Kier alpha value is -3.46.